The highest BCUT2D eigenvalue weighted by atomic mass is 32.2. The van der Waals surface area contributed by atoms with Crippen molar-refractivity contribution in [3.63, 3.8) is 0 Å². The van der Waals surface area contributed by atoms with E-state index >= 15 is 0 Å². The van der Waals surface area contributed by atoms with Gasteiger partial charge in [0.25, 0.3) is 0 Å². The first-order valence-corrected chi connectivity index (χ1v) is 8.45. The van der Waals surface area contributed by atoms with Crippen molar-refractivity contribution >= 4 is 27.3 Å². The van der Waals surface area contributed by atoms with E-state index in [4.69, 9.17) is 0 Å². The van der Waals surface area contributed by atoms with Crippen LogP contribution in [0.2, 0.25) is 0 Å². The summed E-state index contributed by atoms with van der Waals surface area (Å²) in [4.78, 5) is 13.5. The first kappa shape index (κ1) is 17.6. The van der Waals surface area contributed by atoms with Gasteiger partial charge < -0.3 is 4.90 Å². The number of sulfonamides is 1. The lowest BCUT2D eigenvalue weighted by Gasteiger charge is -2.25. The average Bonchev–Trinajstić information content (AvgIpc) is 2.71. The molecule has 1 aliphatic heterocycles. The van der Waals surface area contributed by atoms with E-state index in [1.54, 1.807) is 17.7 Å². The third-order valence-electron chi connectivity index (χ3n) is 3.84. The molecular formula is C14H17F3N2O3S. The summed E-state index contributed by atoms with van der Waals surface area (Å²) in [6.45, 7) is 5.06. The first-order valence-electron chi connectivity index (χ1n) is 6.96. The van der Waals surface area contributed by atoms with Crippen molar-refractivity contribution in [1.82, 2.24) is 0 Å². The van der Waals surface area contributed by atoms with Gasteiger partial charge in [-0.25, -0.2) is 0 Å². The molecule has 1 aromatic carbocycles. The Balaban J connectivity index is 2.47. The summed E-state index contributed by atoms with van der Waals surface area (Å²) in [6.07, 6.45) is 1.01. The van der Waals surface area contributed by atoms with Crippen LogP contribution in [0, 0.1) is 13.8 Å². The summed E-state index contributed by atoms with van der Waals surface area (Å²) in [5.41, 5.74) is -4.13. The summed E-state index contributed by atoms with van der Waals surface area (Å²) in [5.74, 6) is -0.130. The molecule has 1 aliphatic rings. The number of halogens is 3. The van der Waals surface area contributed by atoms with Gasteiger partial charge in [-0.1, -0.05) is 6.07 Å². The quantitative estimate of drug-likeness (QED) is 0.911. The van der Waals surface area contributed by atoms with Crippen molar-refractivity contribution in [3.8, 4) is 0 Å². The zero-order chi connectivity index (χ0) is 17.6. The smallest absolute Gasteiger partial charge is 0.309 e. The third-order valence-corrected chi connectivity index (χ3v) is 4.94. The molecule has 0 aromatic heterocycles. The number of nitrogens with zero attached hydrogens (tertiary/aromatic N) is 1. The molecule has 0 aliphatic carbocycles. The second kappa shape index (κ2) is 5.70. The van der Waals surface area contributed by atoms with Crippen LogP contribution in [0.15, 0.2) is 12.1 Å². The Morgan fingerprint density at radius 2 is 1.83 bits per heavy atom. The Morgan fingerprint density at radius 3 is 2.30 bits per heavy atom. The van der Waals surface area contributed by atoms with Gasteiger partial charge >= 0.3 is 15.5 Å². The van der Waals surface area contributed by atoms with Crippen LogP contribution in [-0.2, 0) is 14.8 Å². The molecule has 2 rings (SSSR count). The van der Waals surface area contributed by atoms with Gasteiger partial charge in [-0.15, -0.1) is 0 Å². The Hall–Kier alpha value is -1.77. The van der Waals surface area contributed by atoms with Crippen LogP contribution in [0.5, 0.6) is 0 Å². The molecule has 1 N–H and O–H groups in total. The van der Waals surface area contributed by atoms with E-state index in [1.165, 1.54) is 17.9 Å². The molecule has 1 atom stereocenters. The maximum absolute atomic E-state index is 12.5. The van der Waals surface area contributed by atoms with Crippen LogP contribution in [0.1, 0.15) is 30.9 Å². The Morgan fingerprint density at radius 1 is 1.22 bits per heavy atom. The minimum Gasteiger partial charge on any atom is -0.309 e. The van der Waals surface area contributed by atoms with Crippen molar-refractivity contribution in [2.24, 2.45) is 0 Å². The minimum atomic E-state index is -5.51. The van der Waals surface area contributed by atoms with E-state index in [1.807, 2.05) is 6.92 Å². The van der Waals surface area contributed by atoms with Gasteiger partial charge in [-0.3, -0.25) is 9.52 Å². The number of hydrogen-bond donors (Lipinski definition) is 1. The summed E-state index contributed by atoms with van der Waals surface area (Å²) < 4.78 is 61.8. The minimum absolute atomic E-state index is 0.0871. The first-order chi connectivity index (χ1) is 10.4. The Kier molecular flexibility index (Phi) is 4.36. The standard InChI is InChI=1S/C14H17F3N2O3S/c1-8-6-9(2)12(19-10(3)4-5-13(19)20)7-11(8)18-23(21,22)14(15,16)17/h6-7,10,18H,4-5H2,1-3H3. The molecule has 1 unspecified atom stereocenters. The van der Waals surface area contributed by atoms with Gasteiger partial charge in [0.15, 0.2) is 0 Å². The Labute approximate surface area is 132 Å². The molecule has 5 nitrogen and oxygen atoms in total. The topological polar surface area (TPSA) is 66.5 Å². The summed E-state index contributed by atoms with van der Waals surface area (Å²) >= 11 is 0. The fraction of sp³-hybridized carbons (Fsp3) is 0.500. The molecule has 0 spiro atoms. The van der Waals surface area contributed by atoms with Crippen LogP contribution in [-0.4, -0.2) is 25.9 Å². The van der Waals surface area contributed by atoms with Gasteiger partial charge in [0.2, 0.25) is 5.91 Å². The number of carbonyl (C=O) groups excluding carboxylic acids is 1. The second-order valence-electron chi connectivity index (χ2n) is 5.66. The number of carbonyl (C=O) groups is 1. The SMILES string of the molecule is Cc1cc(C)c(N2C(=O)CCC2C)cc1NS(=O)(=O)C(F)(F)F. The van der Waals surface area contributed by atoms with E-state index in [-0.39, 0.29) is 17.6 Å². The molecule has 0 radical (unpaired) electrons. The molecule has 23 heavy (non-hydrogen) atoms. The highest BCUT2D eigenvalue weighted by Crippen LogP contribution is 2.35. The van der Waals surface area contributed by atoms with Gasteiger partial charge in [0.1, 0.15) is 0 Å². The fourth-order valence-electron chi connectivity index (χ4n) is 2.61. The predicted octanol–water partition coefficient (Wildman–Crippen LogP) is 3.08. The number of aryl methyl sites for hydroxylation is 2. The molecule has 0 bridgehead atoms. The van der Waals surface area contributed by atoms with Gasteiger partial charge in [-0.05, 0) is 44.4 Å². The third kappa shape index (κ3) is 3.29. The summed E-state index contributed by atoms with van der Waals surface area (Å²) in [5, 5.41) is 0. The molecule has 1 heterocycles. The van der Waals surface area contributed by atoms with Crippen LogP contribution < -0.4 is 9.62 Å². The van der Waals surface area contributed by atoms with Gasteiger partial charge in [0.05, 0.1) is 5.69 Å². The second-order valence-corrected chi connectivity index (χ2v) is 7.33. The van der Waals surface area contributed by atoms with E-state index in [0.717, 1.165) is 0 Å². The van der Waals surface area contributed by atoms with Crippen LogP contribution in [0.25, 0.3) is 0 Å². The number of amides is 1. The highest BCUT2D eigenvalue weighted by molar-refractivity contribution is 7.93. The molecule has 1 saturated heterocycles. The molecule has 9 heteroatoms. The zero-order valence-electron chi connectivity index (χ0n) is 12.9. The summed E-state index contributed by atoms with van der Waals surface area (Å²) in [6, 6.07) is 2.76. The lowest BCUT2D eigenvalue weighted by Crippen LogP contribution is -2.32. The zero-order valence-corrected chi connectivity index (χ0v) is 13.7. The maximum Gasteiger partial charge on any atom is 0.516 e. The molecule has 1 fully saturated rings. The van der Waals surface area contributed by atoms with E-state index in [9.17, 15) is 26.4 Å². The lowest BCUT2D eigenvalue weighted by molar-refractivity contribution is -0.117. The van der Waals surface area contributed by atoms with Crippen molar-refractivity contribution in [3.05, 3.63) is 23.3 Å². The van der Waals surface area contributed by atoms with Crippen molar-refractivity contribution < 1.29 is 26.4 Å². The molecule has 128 valence electrons. The Bertz CT molecular complexity index is 744. The number of alkyl halides is 3. The van der Waals surface area contributed by atoms with E-state index < -0.39 is 15.5 Å². The predicted molar refractivity (Wildman–Crippen MR) is 80.7 cm³/mol. The van der Waals surface area contributed by atoms with Crippen LogP contribution in [0.3, 0.4) is 0 Å². The van der Waals surface area contributed by atoms with Crippen molar-refractivity contribution in [2.75, 3.05) is 9.62 Å². The molecule has 1 aromatic rings. The number of rotatable bonds is 3. The lowest BCUT2D eigenvalue weighted by atomic mass is 10.1. The summed E-state index contributed by atoms with van der Waals surface area (Å²) in [7, 11) is -5.51. The van der Waals surface area contributed by atoms with Gasteiger partial charge in [-0.2, -0.15) is 21.6 Å². The number of nitrogens with one attached hydrogen (secondary N) is 1. The maximum atomic E-state index is 12.5. The van der Waals surface area contributed by atoms with Crippen molar-refractivity contribution in [2.45, 2.75) is 45.2 Å². The van der Waals surface area contributed by atoms with Crippen LogP contribution in [0.4, 0.5) is 24.5 Å². The molecule has 0 saturated carbocycles. The van der Waals surface area contributed by atoms with E-state index in [0.29, 0.717) is 29.7 Å². The van der Waals surface area contributed by atoms with Gasteiger partial charge in [0, 0.05) is 18.2 Å². The average molecular weight is 350 g/mol. The normalized spacial score (nSPS) is 19.3. The monoisotopic (exact) mass is 350 g/mol. The van der Waals surface area contributed by atoms with Crippen molar-refractivity contribution in [1.29, 1.82) is 0 Å². The molecule has 1 amide bonds. The number of benzene rings is 1. The van der Waals surface area contributed by atoms with Crippen LogP contribution >= 0.6 is 0 Å². The van der Waals surface area contributed by atoms with E-state index in [2.05, 4.69) is 0 Å². The largest absolute Gasteiger partial charge is 0.516 e. The fourth-order valence-corrected chi connectivity index (χ4v) is 3.24. The highest BCUT2D eigenvalue weighted by Gasteiger charge is 2.46. The number of anilines is 2. The number of hydrogen-bond acceptors (Lipinski definition) is 3. The molecular weight excluding hydrogens is 333 g/mol.